The van der Waals surface area contributed by atoms with Gasteiger partial charge in [-0.3, -0.25) is 4.40 Å². The fourth-order valence-electron chi connectivity index (χ4n) is 3.73. The van der Waals surface area contributed by atoms with Gasteiger partial charge in [0.25, 0.3) is 12.0 Å². The smallest absolute Gasteiger partial charge is 0.253 e. The molecule has 5 aromatic rings. The standard InChI is InChI=1S/C18H15FN8/c1-18(6-7-18)8-11-9-21-24-27(11)17-23-22-15-12-4-2-3-5-13(12)25-14(26(15)17)10-20-16(25)19/h2-5,9-10H,6-8H2,1H3. The number of rotatable bonds is 3. The predicted molar refractivity (Wildman–Crippen MR) is 95.2 cm³/mol. The molecular weight excluding hydrogens is 347 g/mol. The summed E-state index contributed by atoms with van der Waals surface area (Å²) in [6, 6.07) is 7.50. The van der Waals surface area contributed by atoms with Gasteiger partial charge in [-0.15, -0.1) is 15.3 Å². The normalized spacial score (nSPS) is 15.9. The lowest BCUT2D eigenvalue weighted by molar-refractivity contribution is 0.538. The van der Waals surface area contributed by atoms with Gasteiger partial charge in [0.05, 0.1) is 23.6 Å². The third kappa shape index (κ3) is 1.99. The third-order valence-electron chi connectivity index (χ3n) is 5.48. The summed E-state index contributed by atoms with van der Waals surface area (Å²) in [6.45, 7) is 2.25. The van der Waals surface area contributed by atoms with Gasteiger partial charge in [-0.1, -0.05) is 24.3 Å². The summed E-state index contributed by atoms with van der Waals surface area (Å²) >= 11 is 0. The average molecular weight is 362 g/mol. The molecule has 9 heteroatoms. The first-order chi connectivity index (χ1) is 13.1. The Labute approximate surface area is 152 Å². The molecule has 1 aliphatic rings. The van der Waals surface area contributed by atoms with Gasteiger partial charge in [-0.25, -0.2) is 9.38 Å². The topological polar surface area (TPSA) is 78.2 Å². The van der Waals surface area contributed by atoms with E-state index in [-0.39, 0.29) is 0 Å². The second kappa shape index (κ2) is 4.87. The Morgan fingerprint density at radius 1 is 1.11 bits per heavy atom. The zero-order valence-electron chi connectivity index (χ0n) is 14.5. The van der Waals surface area contributed by atoms with Gasteiger partial charge in [0.2, 0.25) is 0 Å². The molecule has 4 heterocycles. The van der Waals surface area contributed by atoms with Gasteiger partial charge in [0, 0.05) is 5.39 Å². The van der Waals surface area contributed by atoms with E-state index in [0.717, 1.165) is 17.5 Å². The summed E-state index contributed by atoms with van der Waals surface area (Å²) in [5, 5.41) is 17.8. The number of fused-ring (bicyclic) bond motifs is 6. The molecule has 0 amide bonds. The van der Waals surface area contributed by atoms with Gasteiger partial charge in [0.1, 0.15) is 5.65 Å². The Bertz CT molecular complexity index is 1340. The number of hydrogen-bond acceptors (Lipinski definition) is 5. The van der Waals surface area contributed by atoms with Crippen molar-refractivity contribution in [3.05, 3.63) is 48.4 Å². The van der Waals surface area contributed by atoms with Crippen molar-refractivity contribution in [2.45, 2.75) is 26.2 Å². The summed E-state index contributed by atoms with van der Waals surface area (Å²) in [7, 11) is 0. The molecule has 4 aromatic heterocycles. The molecule has 134 valence electrons. The molecule has 0 bridgehead atoms. The van der Waals surface area contributed by atoms with E-state index in [4.69, 9.17) is 0 Å². The number of aromatic nitrogens is 8. The molecule has 8 nitrogen and oxygen atoms in total. The van der Waals surface area contributed by atoms with Crippen molar-refractivity contribution >= 4 is 22.2 Å². The Balaban J connectivity index is 1.70. The molecule has 0 unspecified atom stereocenters. The molecule has 0 radical (unpaired) electrons. The molecule has 0 aliphatic heterocycles. The molecule has 0 N–H and O–H groups in total. The first kappa shape index (κ1) is 14.8. The average Bonchev–Trinajstić information content (AvgIpc) is 3.06. The lowest BCUT2D eigenvalue weighted by Gasteiger charge is -2.10. The fraction of sp³-hybridized carbons (Fsp3) is 0.278. The monoisotopic (exact) mass is 362 g/mol. The SMILES string of the molecule is CC1(Cc2cnnn2-c2nnc3c4ccccc4n4c(F)ncc4n23)CC1. The second-order valence-electron chi connectivity index (χ2n) is 7.52. The van der Waals surface area contributed by atoms with Crippen LogP contribution in [-0.2, 0) is 6.42 Å². The Kier molecular flexibility index (Phi) is 2.67. The van der Waals surface area contributed by atoms with Gasteiger partial charge in [-0.05, 0) is 36.8 Å². The van der Waals surface area contributed by atoms with E-state index in [0.29, 0.717) is 28.2 Å². The maximum absolute atomic E-state index is 14.5. The molecule has 1 saturated carbocycles. The molecule has 6 rings (SSSR count). The highest BCUT2D eigenvalue weighted by Crippen LogP contribution is 2.47. The molecule has 1 aromatic carbocycles. The van der Waals surface area contributed by atoms with Crippen LogP contribution in [0, 0.1) is 11.5 Å². The molecule has 0 saturated heterocycles. The molecule has 0 atom stereocenters. The summed E-state index contributed by atoms with van der Waals surface area (Å²) in [6.07, 6.45) is 5.93. The summed E-state index contributed by atoms with van der Waals surface area (Å²) in [4.78, 5) is 3.86. The first-order valence-corrected chi connectivity index (χ1v) is 8.83. The van der Waals surface area contributed by atoms with E-state index in [9.17, 15) is 4.39 Å². The Morgan fingerprint density at radius 2 is 1.96 bits per heavy atom. The summed E-state index contributed by atoms with van der Waals surface area (Å²) in [5.74, 6) is 0.484. The maximum Gasteiger partial charge on any atom is 0.295 e. The minimum atomic E-state index is -0.577. The number of imidazole rings is 1. The largest absolute Gasteiger partial charge is 0.295 e. The Hall–Kier alpha value is -3.36. The van der Waals surface area contributed by atoms with Crippen molar-refractivity contribution in [2.75, 3.05) is 0 Å². The van der Waals surface area contributed by atoms with Crippen molar-refractivity contribution in [3.8, 4) is 5.95 Å². The minimum absolute atomic E-state index is 0.296. The minimum Gasteiger partial charge on any atom is -0.253 e. The van der Waals surface area contributed by atoms with Gasteiger partial charge in [-0.2, -0.15) is 9.07 Å². The third-order valence-corrected chi connectivity index (χ3v) is 5.48. The van der Waals surface area contributed by atoms with Crippen molar-refractivity contribution in [1.29, 1.82) is 0 Å². The van der Waals surface area contributed by atoms with E-state index in [1.165, 1.54) is 23.4 Å². The highest BCUT2D eigenvalue weighted by molar-refractivity contribution is 5.94. The van der Waals surface area contributed by atoms with Crippen LogP contribution in [0.15, 0.2) is 36.7 Å². The lowest BCUT2D eigenvalue weighted by Crippen LogP contribution is -2.11. The zero-order chi connectivity index (χ0) is 18.2. The van der Waals surface area contributed by atoms with Crippen LogP contribution in [0.25, 0.3) is 28.1 Å². The highest BCUT2D eigenvalue weighted by Gasteiger charge is 2.38. The van der Waals surface area contributed by atoms with E-state index < -0.39 is 6.08 Å². The Morgan fingerprint density at radius 3 is 2.81 bits per heavy atom. The van der Waals surface area contributed by atoms with Crippen LogP contribution in [0.5, 0.6) is 0 Å². The number of benzene rings is 1. The van der Waals surface area contributed by atoms with Crippen LogP contribution in [-0.4, -0.2) is 39.0 Å². The number of halogens is 1. The van der Waals surface area contributed by atoms with Crippen molar-refractivity contribution < 1.29 is 4.39 Å². The van der Waals surface area contributed by atoms with Crippen LogP contribution >= 0.6 is 0 Å². The van der Waals surface area contributed by atoms with Crippen molar-refractivity contribution in [1.82, 2.24) is 39.0 Å². The van der Waals surface area contributed by atoms with Gasteiger partial charge < -0.3 is 0 Å². The number of nitrogens with zero attached hydrogens (tertiary/aromatic N) is 8. The fourth-order valence-corrected chi connectivity index (χ4v) is 3.73. The number of para-hydroxylation sites is 1. The van der Waals surface area contributed by atoms with E-state index in [1.807, 2.05) is 24.3 Å². The van der Waals surface area contributed by atoms with Crippen LogP contribution in [0.2, 0.25) is 0 Å². The quantitative estimate of drug-likeness (QED) is 0.493. The van der Waals surface area contributed by atoms with Crippen LogP contribution in [0.4, 0.5) is 4.39 Å². The van der Waals surface area contributed by atoms with Crippen molar-refractivity contribution in [2.24, 2.45) is 5.41 Å². The van der Waals surface area contributed by atoms with Crippen LogP contribution < -0.4 is 0 Å². The summed E-state index contributed by atoms with van der Waals surface area (Å²) in [5.41, 5.74) is 3.13. The van der Waals surface area contributed by atoms with Crippen LogP contribution in [0.3, 0.4) is 0 Å². The van der Waals surface area contributed by atoms with Crippen molar-refractivity contribution in [3.63, 3.8) is 0 Å². The second-order valence-corrected chi connectivity index (χ2v) is 7.52. The van der Waals surface area contributed by atoms with Crippen LogP contribution in [0.1, 0.15) is 25.5 Å². The van der Waals surface area contributed by atoms with Gasteiger partial charge >= 0.3 is 0 Å². The maximum atomic E-state index is 14.5. The van der Waals surface area contributed by atoms with E-state index >= 15 is 0 Å². The molecule has 0 spiro atoms. The van der Waals surface area contributed by atoms with E-state index in [2.05, 4.69) is 32.4 Å². The molecule has 27 heavy (non-hydrogen) atoms. The lowest BCUT2D eigenvalue weighted by atomic mass is 10.0. The molecule has 1 fully saturated rings. The zero-order valence-corrected chi connectivity index (χ0v) is 14.5. The molecular formula is C18H15FN8. The highest BCUT2D eigenvalue weighted by atomic mass is 19.1. The van der Waals surface area contributed by atoms with E-state index in [1.54, 1.807) is 15.3 Å². The number of hydrogen-bond donors (Lipinski definition) is 0. The van der Waals surface area contributed by atoms with Gasteiger partial charge in [0.15, 0.2) is 5.65 Å². The predicted octanol–water partition coefficient (Wildman–Crippen LogP) is 2.59. The molecule has 1 aliphatic carbocycles. The summed E-state index contributed by atoms with van der Waals surface area (Å²) < 4.78 is 19.4. The first-order valence-electron chi connectivity index (χ1n) is 8.83.